The maximum absolute atomic E-state index is 12.6. The van der Waals surface area contributed by atoms with Crippen LogP contribution in [0.2, 0.25) is 10.0 Å². The molecule has 0 atom stereocenters. The van der Waals surface area contributed by atoms with Crippen LogP contribution < -0.4 is 5.32 Å². The van der Waals surface area contributed by atoms with E-state index < -0.39 is 0 Å². The van der Waals surface area contributed by atoms with E-state index >= 15 is 0 Å². The van der Waals surface area contributed by atoms with Crippen molar-refractivity contribution in [3.8, 4) is 21.8 Å². The average Bonchev–Trinajstić information content (AvgIpc) is 3.43. The Hall–Kier alpha value is -3.19. The van der Waals surface area contributed by atoms with Gasteiger partial charge in [0.05, 0.1) is 26.0 Å². The van der Waals surface area contributed by atoms with Crippen molar-refractivity contribution in [3.63, 3.8) is 0 Å². The molecule has 5 rings (SSSR count). The van der Waals surface area contributed by atoms with Gasteiger partial charge in [0.25, 0.3) is 5.91 Å². The van der Waals surface area contributed by atoms with E-state index in [1.54, 1.807) is 35.6 Å². The highest BCUT2D eigenvalue weighted by atomic mass is 35.5. The molecule has 32 heavy (non-hydrogen) atoms. The smallest absolute Gasteiger partial charge is 0.273 e. The second kappa shape index (κ2) is 8.39. The molecule has 0 radical (unpaired) electrons. The topological polar surface area (TPSA) is 70.7 Å². The molecule has 5 aromatic rings. The van der Waals surface area contributed by atoms with E-state index in [9.17, 15) is 4.79 Å². The number of aryl methyl sites for hydroxylation is 1. The highest BCUT2D eigenvalue weighted by Crippen LogP contribution is 2.31. The van der Waals surface area contributed by atoms with Crippen LogP contribution in [0, 0.1) is 6.92 Å². The molecule has 0 saturated heterocycles. The molecule has 5 nitrogen and oxygen atoms in total. The van der Waals surface area contributed by atoms with Crippen molar-refractivity contribution in [1.82, 2.24) is 15.2 Å². The Kier molecular flexibility index (Phi) is 5.43. The number of amides is 1. The van der Waals surface area contributed by atoms with E-state index in [1.807, 2.05) is 30.3 Å². The minimum absolute atomic E-state index is 0.285. The lowest BCUT2D eigenvalue weighted by Crippen LogP contribution is -2.12. The van der Waals surface area contributed by atoms with Crippen molar-refractivity contribution < 1.29 is 4.79 Å². The number of rotatable bonds is 4. The third kappa shape index (κ3) is 4.12. The maximum Gasteiger partial charge on any atom is 0.273 e. The van der Waals surface area contributed by atoms with Crippen LogP contribution in [0.5, 0.6) is 0 Å². The van der Waals surface area contributed by atoms with Crippen molar-refractivity contribution >= 4 is 56.3 Å². The normalized spacial score (nSPS) is 11.1. The summed E-state index contributed by atoms with van der Waals surface area (Å²) in [5.74, 6) is -0.285. The van der Waals surface area contributed by atoms with Gasteiger partial charge in [-0.15, -0.1) is 11.3 Å². The third-order valence-electron chi connectivity index (χ3n) is 4.97. The summed E-state index contributed by atoms with van der Waals surface area (Å²) in [6.07, 6.45) is 0. The number of carbonyl (C=O) groups is 1. The lowest BCUT2D eigenvalue weighted by molar-refractivity contribution is 0.102. The number of carbonyl (C=O) groups excluding carboxylic acids is 1. The number of fused-ring (bicyclic) bond motifs is 1. The molecule has 0 bridgehead atoms. The van der Waals surface area contributed by atoms with E-state index in [0.29, 0.717) is 27.1 Å². The van der Waals surface area contributed by atoms with Gasteiger partial charge in [0.2, 0.25) is 0 Å². The molecule has 3 aromatic carbocycles. The van der Waals surface area contributed by atoms with Crippen LogP contribution in [0.4, 0.5) is 5.69 Å². The summed E-state index contributed by atoms with van der Waals surface area (Å²) < 4.78 is 1.16. The molecule has 0 spiro atoms. The van der Waals surface area contributed by atoms with E-state index in [-0.39, 0.29) is 5.91 Å². The van der Waals surface area contributed by atoms with Crippen LogP contribution in [0.3, 0.4) is 0 Å². The molecule has 0 aliphatic carbocycles. The van der Waals surface area contributed by atoms with E-state index in [1.165, 1.54) is 5.56 Å². The van der Waals surface area contributed by atoms with Gasteiger partial charge in [-0.3, -0.25) is 9.89 Å². The van der Waals surface area contributed by atoms with Gasteiger partial charge in [-0.05, 0) is 67.1 Å². The number of hydrogen-bond donors (Lipinski definition) is 2. The third-order valence-corrected chi connectivity index (χ3v) is 6.78. The molecule has 2 N–H and O–H groups in total. The largest absolute Gasteiger partial charge is 0.321 e. The highest BCUT2D eigenvalue weighted by Gasteiger charge is 2.13. The fourth-order valence-corrected chi connectivity index (χ4v) is 4.66. The molecular formula is C24H16Cl2N4OS. The van der Waals surface area contributed by atoms with E-state index in [0.717, 1.165) is 26.4 Å². The Balaban J connectivity index is 1.31. The molecule has 0 fully saturated rings. The number of nitrogens with zero attached hydrogens (tertiary/aromatic N) is 2. The van der Waals surface area contributed by atoms with Gasteiger partial charge in [0.1, 0.15) is 10.7 Å². The number of aromatic nitrogens is 3. The van der Waals surface area contributed by atoms with Gasteiger partial charge in [-0.2, -0.15) is 5.10 Å². The van der Waals surface area contributed by atoms with Crippen LogP contribution in [0.15, 0.2) is 66.7 Å². The van der Waals surface area contributed by atoms with Crippen LogP contribution in [0.25, 0.3) is 32.0 Å². The molecule has 158 valence electrons. The van der Waals surface area contributed by atoms with Gasteiger partial charge in [0.15, 0.2) is 0 Å². The first-order valence-corrected chi connectivity index (χ1v) is 11.3. The zero-order valence-electron chi connectivity index (χ0n) is 16.8. The summed E-state index contributed by atoms with van der Waals surface area (Å²) in [6, 6.07) is 20.8. The second-order valence-corrected chi connectivity index (χ2v) is 9.16. The SMILES string of the molecule is Cc1ccc2nc(-c3ccc(NC(=O)c4cc(-c5ccc(Cl)c(Cl)c5)n[nH]4)cc3)sc2c1. The number of benzene rings is 3. The zero-order valence-corrected chi connectivity index (χ0v) is 19.1. The standard InChI is InChI=1S/C24H16Cl2N4OS/c1-13-2-9-19-22(10-13)32-24(28-19)14-3-6-16(7-4-14)27-23(31)21-12-20(29-30-21)15-5-8-17(25)18(26)11-15/h2-12H,1H3,(H,27,31)(H,29,30). The summed E-state index contributed by atoms with van der Waals surface area (Å²) >= 11 is 13.7. The lowest BCUT2D eigenvalue weighted by atomic mass is 10.1. The zero-order chi connectivity index (χ0) is 22.2. The minimum atomic E-state index is -0.285. The van der Waals surface area contributed by atoms with Crippen LogP contribution in [-0.2, 0) is 0 Å². The molecule has 0 saturated carbocycles. The fraction of sp³-hybridized carbons (Fsp3) is 0.0417. The van der Waals surface area contributed by atoms with E-state index in [2.05, 4.69) is 34.6 Å². The first-order chi connectivity index (χ1) is 15.5. The summed E-state index contributed by atoms with van der Waals surface area (Å²) in [5, 5.41) is 11.7. The second-order valence-electron chi connectivity index (χ2n) is 7.32. The molecule has 0 aliphatic heterocycles. The summed E-state index contributed by atoms with van der Waals surface area (Å²) in [4.78, 5) is 17.3. The number of aromatic amines is 1. The average molecular weight is 479 g/mol. The Morgan fingerprint density at radius 2 is 1.72 bits per heavy atom. The van der Waals surface area contributed by atoms with Crippen molar-refractivity contribution in [2.24, 2.45) is 0 Å². The molecule has 2 heterocycles. The number of anilines is 1. The van der Waals surface area contributed by atoms with Gasteiger partial charge >= 0.3 is 0 Å². The molecule has 1 amide bonds. The Bertz CT molecular complexity index is 1460. The first-order valence-electron chi connectivity index (χ1n) is 9.76. The highest BCUT2D eigenvalue weighted by molar-refractivity contribution is 7.21. The number of halogens is 2. The van der Waals surface area contributed by atoms with Crippen molar-refractivity contribution in [1.29, 1.82) is 0 Å². The van der Waals surface area contributed by atoms with Gasteiger partial charge in [-0.25, -0.2) is 4.98 Å². The number of nitrogens with one attached hydrogen (secondary N) is 2. The van der Waals surface area contributed by atoms with Crippen molar-refractivity contribution in [2.45, 2.75) is 6.92 Å². The quantitative estimate of drug-likeness (QED) is 0.286. The summed E-state index contributed by atoms with van der Waals surface area (Å²) in [5.41, 5.74) is 5.61. The van der Waals surface area contributed by atoms with Crippen LogP contribution >= 0.6 is 34.5 Å². The van der Waals surface area contributed by atoms with Gasteiger partial charge in [-0.1, -0.05) is 35.3 Å². The summed E-state index contributed by atoms with van der Waals surface area (Å²) in [7, 11) is 0. The van der Waals surface area contributed by atoms with Crippen molar-refractivity contribution in [3.05, 3.63) is 88.0 Å². The molecule has 2 aromatic heterocycles. The minimum Gasteiger partial charge on any atom is -0.321 e. The predicted octanol–water partition coefficient (Wildman–Crippen LogP) is 7.22. The number of hydrogen-bond acceptors (Lipinski definition) is 4. The van der Waals surface area contributed by atoms with Crippen molar-refractivity contribution in [2.75, 3.05) is 5.32 Å². The van der Waals surface area contributed by atoms with Crippen LogP contribution in [0.1, 0.15) is 16.1 Å². The van der Waals surface area contributed by atoms with Crippen LogP contribution in [-0.4, -0.2) is 21.1 Å². The summed E-state index contributed by atoms with van der Waals surface area (Å²) in [6.45, 7) is 2.07. The fourth-order valence-electron chi connectivity index (χ4n) is 3.29. The number of H-pyrrole nitrogens is 1. The van der Waals surface area contributed by atoms with Gasteiger partial charge in [0, 0.05) is 16.8 Å². The monoisotopic (exact) mass is 478 g/mol. The first kappa shape index (κ1) is 20.7. The number of thiazole rings is 1. The molecule has 0 unspecified atom stereocenters. The Morgan fingerprint density at radius 3 is 2.50 bits per heavy atom. The maximum atomic E-state index is 12.6. The molecular weight excluding hydrogens is 463 g/mol. The lowest BCUT2D eigenvalue weighted by Gasteiger charge is -2.04. The Labute approximate surface area is 198 Å². The Morgan fingerprint density at radius 1 is 0.938 bits per heavy atom. The predicted molar refractivity (Wildman–Crippen MR) is 132 cm³/mol. The molecule has 8 heteroatoms. The molecule has 0 aliphatic rings. The van der Waals surface area contributed by atoms with Gasteiger partial charge < -0.3 is 5.32 Å². The van der Waals surface area contributed by atoms with E-state index in [4.69, 9.17) is 28.2 Å².